The number of ether oxygens (including phenoxy) is 2. The molecule has 0 bridgehead atoms. The molecular weight excluding hydrogens is 252 g/mol. The van der Waals surface area contributed by atoms with E-state index in [4.69, 9.17) is 9.47 Å². The molecule has 0 fully saturated rings. The quantitative estimate of drug-likeness (QED) is 0.799. The predicted molar refractivity (Wildman–Crippen MR) is 75.9 cm³/mol. The van der Waals surface area contributed by atoms with E-state index in [0.717, 1.165) is 24.2 Å². The summed E-state index contributed by atoms with van der Waals surface area (Å²) in [6.45, 7) is 0. The van der Waals surface area contributed by atoms with Crippen molar-refractivity contribution in [2.75, 3.05) is 7.11 Å². The van der Waals surface area contributed by atoms with E-state index < -0.39 is 0 Å². The Morgan fingerprint density at radius 3 is 2.60 bits per heavy atom. The van der Waals surface area contributed by atoms with Crippen LogP contribution in [0.5, 0.6) is 5.75 Å². The highest BCUT2D eigenvalue weighted by Gasteiger charge is 2.25. The molecule has 0 heterocycles. The highest BCUT2D eigenvalue weighted by atomic mass is 16.5. The molecule has 0 N–H and O–H groups in total. The zero-order chi connectivity index (χ0) is 13.9. The van der Waals surface area contributed by atoms with E-state index in [-0.39, 0.29) is 12.1 Å². The molecule has 1 aliphatic rings. The summed E-state index contributed by atoms with van der Waals surface area (Å²) in [5.74, 6) is 0.446. The molecule has 2 aromatic carbocycles. The zero-order valence-electron chi connectivity index (χ0n) is 11.3. The van der Waals surface area contributed by atoms with Crippen LogP contribution in [0.2, 0.25) is 0 Å². The van der Waals surface area contributed by atoms with Crippen LogP contribution in [0.1, 0.15) is 34.0 Å². The summed E-state index contributed by atoms with van der Waals surface area (Å²) < 4.78 is 10.7. The van der Waals surface area contributed by atoms with Crippen molar-refractivity contribution in [3.63, 3.8) is 0 Å². The number of rotatable bonds is 3. The van der Waals surface area contributed by atoms with Crippen molar-refractivity contribution in [3.05, 3.63) is 65.2 Å². The highest BCUT2D eigenvalue weighted by Crippen LogP contribution is 2.34. The summed E-state index contributed by atoms with van der Waals surface area (Å²) in [4.78, 5) is 12.1. The number of carbonyl (C=O) groups is 1. The fraction of sp³-hybridized carbons (Fsp3) is 0.235. The maximum atomic E-state index is 12.1. The molecule has 0 spiro atoms. The Balaban J connectivity index is 1.73. The monoisotopic (exact) mass is 268 g/mol. The van der Waals surface area contributed by atoms with Gasteiger partial charge in [0.25, 0.3) is 0 Å². The third kappa shape index (κ3) is 2.39. The number of hydrogen-bond acceptors (Lipinski definition) is 3. The number of hydrogen-bond donors (Lipinski definition) is 0. The van der Waals surface area contributed by atoms with Crippen LogP contribution in [0, 0.1) is 0 Å². The first kappa shape index (κ1) is 12.7. The maximum Gasteiger partial charge on any atom is 0.338 e. The lowest BCUT2D eigenvalue weighted by Gasteiger charge is -2.13. The molecule has 3 nitrogen and oxygen atoms in total. The van der Waals surface area contributed by atoms with Gasteiger partial charge in [0.15, 0.2) is 0 Å². The molecule has 0 saturated heterocycles. The summed E-state index contributed by atoms with van der Waals surface area (Å²) in [5, 5.41) is 0. The van der Waals surface area contributed by atoms with Crippen molar-refractivity contribution >= 4 is 5.97 Å². The average Bonchev–Trinajstić information content (AvgIpc) is 2.91. The number of fused-ring (bicyclic) bond motifs is 1. The Bertz CT molecular complexity index is 616. The molecule has 1 atom stereocenters. The minimum atomic E-state index is -0.283. The molecule has 0 saturated carbocycles. The second-order valence-electron chi connectivity index (χ2n) is 4.86. The molecule has 2 aromatic rings. The highest BCUT2D eigenvalue weighted by molar-refractivity contribution is 5.89. The summed E-state index contributed by atoms with van der Waals surface area (Å²) in [6, 6.07) is 15.1. The van der Waals surface area contributed by atoms with Gasteiger partial charge in [-0.15, -0.1) is 0 Å². The Labute approximate surface area is 118 Å². The molecule has 0 aliphatic heterocycles. The van der Waals surface area contributed by atoms with E-state index in [9.17, 15) is 4.79 Å². The molecule has 3 rings (SSSR count). The molecule has 0 radical (unpaired) electrons. The van der Waals surface area contributed by atoms with Gasteiger partial charge in [0.05, 0.1) is 12.7 Å². The van der Waals surface area contributed by atoms with Crippen molar-refractivity contribution in [1.29, 1.82) is 0 Å². The summed E-state index contributed by atoms with van der Waals surface area (Å²) in [7, 11) is 1.60. The van der Waals surface area contributed by atoms with Crippen LogP contribution < -0.4 is 4.74 Å². The van der Waals surface area contributed by atoms with Crippen LogP contribution in [-0.2, 0) is 11.2 Å². The van der Waals surface area contributed by atoms with Crippen LogP contribution in [0.3, 0.4) is 0 Å². The van der Waals surface area contributed by atoms with Gasteiger partial charge >= 0.3 is 5.97 Å². The van der Waals surface area contributed by atoms with Gasteiger partial charge in [-0.05, 0) is 48.2 Å². The van der Waals surface area contributed by atoms with E-state index in [1.807, 2.05) is 18.2 Å². The number of methoxy groups -OCH3 is 1. The molecular formula is C17H16O3. The van der Waals surface area contributed by atoms with Crippen LogP contribution in [0.25, 0.3) is 0 Å². The van der Waals surface area contributed by atoms with E-state index in [0.29, 0.717) is 5.56 Å². The van der Waals surface area contributed by atoms with Gasteiger partial charge in [-0.3, -0.25) is 0 Å². The SMILES string of the molecule is COc1ccc(C(=O)OC2CCc3ccccc32)cc1. The summed E-state index contributed by atoms with van der Waals surface area (Å²) in [5.41, 5.74) is 2.96. The van der Waals surface area contributed by atoms with Crippen molar-refractivity contribution in [2.45, 2.75) is 18.9 Å². The fourth-order valence-corrected chi connectivity index (χ4v) is 2.56. The first-order chi connectivity index (χ1) is 9.78. The Morgan fingerprint density at radius 1 is 1.10 bits per heavy atom. The summed E-state index contributed by atoms with van der Waals surface area (Å²) in [6.07, 6.45) is 1.71. The molecule has 1 aliphatic carbocycles. The topological polar surface area (TPSA) is 35.5 Å². The number of esters is 1. The lowest BCUT2D eigenvalue weighted by Crippen LogP contribution is -2.09. The van der Waals surface area contributed by atoms with Gasteiger partial charge < -0.3 is 9.47 Å². The Morgan fingerprint density at radius 2 is 1.85 bits per heavy atom. The van der Waals surface area contributed by atoms with Gasteiger partial charge in [0, 0.05) is 0 Å². The van der Waals surface area contributed by atoms with Crippen molar-refractivity contribution in [1.82, 2.24) is 0 Å². The first-order valence-corrected chi connectivity index (χ1v) is 6.71. The molecule has 0 aromatic heterocycles. The molecule has 0 amide bonds. The van der Waals surface area contributed by atoms with Gasteiger partial charge in [-0.1, -0.05) is 24.3 Å². The van der Waals surface area contributed by atoms with E-state index in [1.165, 1.54) is 5.56 Å². The van der Waals surface area contributed by atoms with Crippen molar-refractivity contribution in [2.24, 2.45) is 0 Å². The van der Waals surface area contributed by atoms with E-state index in [1.54, 1.807) is 31.4 Å². The molecule has 1 unspecified atom stereocenters. The van der Waals surface area contributed by atoms with E-state index >= 15 is 0 Å². The molecule has 102 valence electrons. The van der Waals surface area contributed by atoms with Crippen molar-refractivity contribution in [3.8, 4) is 5.75 Å². The summed E-state index contributed by atoms with van der Waals surface area (Å²) >= 11 is 0. The normalized spacial score (nSPS) is 16.6. The van der Waals surface area contributed by atoms with Gasteiger partial charge in [0.1, 0.15) is 11.9 Å². The fourth-order valence-electron chi connectivity index (χ4n) is 2.56. The van der Waals surface area contributed by atoms with Crippen LogP contribution in [-0.4, -0.2) is 13.1 Å². The maximum absolute atomic E-state index is 12.1. The van der Waals surface area contributed by atoms with Gasteiger partial charge in [-0.2, -0.15) is 0 Å². The Hall–Kier alpha value is -2.29. The predicted octanol–water partition coefficient (Wildman–Crippen LogP) is 3.54. The Kier molecular flexibility index (Phi) is 3.42. The van der Waals surface area contributed by atoms with E-state index in [2.05, 4.69) is 6.07 Å². The lowest BCUT2D eigenvalue weighted by molar-refractivity contribution is 0.0301. The number of carbonyl (C=O) groups excluding carboxylic acids is 1. The van der Waals surface area contributed by atoms with Gasteiger partial charge in [-0.25, -0.2) is 4.79 Å². The zero-order valence-corrected chi connectivity index (χ0v) is 11.3. The molecule has 3 heteroatoms. The third-order valence-corrected chi connectivity index (χ3v) is 3.65. The van der Waals surface area contributed by atoms with Crippen LogP contribution in [0.4, 0.5) is 0 Å². The second kappa shape index (κ2) is 5.37. The number of aryl methyl sites for hydroxylation is 1. The average molecular weight is 268 g/mol. The lowest BCUT2D eigenvalue weighted by atomic mass is 10.1. The van der Waals surface area contributed by atoms with Crippen molar-refractivity contribution < 1.29 is 14.3 Å². The van der Waals surface area contributed by atoms with Crippen LogP contribution in [0.15, 0.2) is 48.5 Å². The first-order valence-electron chi connectivity index (χ1n) is 6.71. The second-order valence-corrected chi connectivity index (χ2v) is 4.86. The third-order valence-electron chi connectivity index (χ3n) is 3.65. The standard InChI is InChI=1S/C17H16O3/c1-19-14-9-6-13(7-10-14)17(18)20-16-11-8-12-4-2-3-5-15(12)16/h2-7,9-10,16H,8,11H2,1H3. The minimum Gasteiger partial charge on any atom is -0.497 e. The minimum absolute atomic E-state index is 0.124. The number of benzene rings is 2. The van der Waals surface area contributed by atoms with Gasteiger partial charge in [0.2, 0.25) is 0 Å². The smallest absolute Gasteiger partial charge is 0.338 e. The molecule has 20 heavy (non-hydrogen) atoms. The largest absolute Gasteiger partial charge is 0.497 e. The van der Waals surface area contributed by atoms with Crippen LogP contribution >= 0.6 is 0 Å².